The van der Waals surface area contributed by atoms with Gasteiger partial charge in [0, 0.05) is 0 Å². The fourth-order valence-corrected chi connectivity index (χ4v) is 1.39. The van der Waals surface area contributed by atoms with E-state index in [4.69, 9.17) is 16.3 Å². The summed E-state index contributed by atoms with van der Waals surface area (Å²) in [5.41, 5.74) is 0. The van der Waals surface area contributed by atoms with E-state index in [1.54, 1.807) is 4.57 Å². The van der Waals surface area contributed by atoms with Gasteiger partial charge in [-0.15, -0.1) is 11.6 Å². The maximum absolute atomic E-state index is 10.4. The third-order valence-corrected chi connectivity index (χ3v) is 2.14. The van der Waals surface area contributed by atoms with Crippen molar-refractivity contribution in [3.63, 3.8) is 0 Å². The van der Waals surface area contributed by atoms with Gasteiger partial charge in [0.05, 0.1) is 12.4 Å². The Kier molecular flexibility index (Phi) is 1.84. The maximum Gasteiger partial charge on any atom is 0.426 e. The van der Waals surface area contributed by atoms with E-state index in [1.807, 2.05) is 0 Å². The van der Waals surface area contributed by atoms with Crippen molar-refractivity contribution in [2.24, 2.45) is 0 Å². The second-order valence-corrected chi connectivity index (χ2v) is 2.99. The van der Waals surface area contributed by atoms with Crippen LogP contribution in [0.25, 0.3) is 0 Å². The molecule has 0 fully saturated rings. The molecular weight excluding hydrogens is 198 g/mol. The summed E-state index contributed by atoms with van der Waals surface area (Å²) in [5, 5.41) is 10.4. The molecule has 13 heavy (non-hydrogen) atoms. The van der Waals surface area contributed by atoms with Crippen molar-refractivity contribution in [3.8, 4) is 5.88 Å². The Hall–Kier alpha value is -1.30. The van der Waals surface area contributed by atoms with Gasteiger partial charge in [-0.05, 0) is 9.91 Å². The summed E-state index contributed by atoms with van der Waals surface area (Å²) in [4.78, 5) is 13.5. The number of fused-ring (bicyclic) bond motifs is 1. The van der Waals surface area contributed by atoms with Crippen molar-refractivity contribution < 1.29 is 9.66 Å². The lowest BCUT2D eigenvalue weighted by molar-refractivity contribution is -0.390. The van der Waals surface area contributed by atoms with E-state index in [0.29, 0.717) is 12.4 Å². The molecule has 0 aliphatic carbocycles. The SMILES string of the molecule is O=[N+]([O-])c1ncn2c1OC(CCl)C2. The van der Waals surface area contributed by atoms with E-state index in [9.17, 15) is 10.1 Å². The summed E-state index contributed by atoms with van der Waals surface area (Å²) in [6, 6.07) is 0. The van der Waals surface area contributed by atoms with Gasteiger partial charge in [-0.3, -0.25) is 4.57 Å². The molecule has 0 N–H and O–H groups in total. The van der Waals surface area contributed by atoms with Crippen LogP contribution in [0.2, 0.25) is 0 Å². The molecule has 2 heterocycles. The fraction of sp³-hybridized carbons (Fsp3) is 0.500. The van der Waals surface area contributed by atoms with Crippen LogP contribution in [0, 0.1) is 10.1 Å². The molecule has 0 amide bonds. The fourth-order valence-electron chi connectivity index (χ4n) is 1.23. The standard InChI is InChI=1S/C6H6ClN3O3/c7-1-4-2-9-3-8-5(10(11)12)6(9)13-4/h3-4H,1-2H2. The van der Waals surface area contributed by atoms with Crippen LogP contribution in [0.5, 0.6) is 5.88 Å². The van der Waals surface area contributed by atoms with Crippen molar-refractivity contribution in [1.29, 1.82) is 0 Å². The Balaban J connectivity index is 2.32. The largest absolute Gasteiger partial charge is 0.466 e. The first kappa shape index (κ1) is 8.31. The lowest BCUT2D eigenvalue weighted by atomic mass is 10.4. The zero-order valence-corrected chi connectivity index (χ0v) is 7.27. The molecule has 70 valence electrons. The van der Waals surface area contributed by atoms with Gasteiger partial charge < -0.3 is 14.9 Å². The Labute approximate surface area is 78.2 Å². The topological polar surface area (TPSA) is 70.2 Å². The highest BCUT2D eigenvalue weighted by atomic mass is 35.5. The number of hydrogen-bond donors (Lipinski definition) is 0. The molecule has 0 aromatic carbocycles. The van der Waals surface area contributed by atoms with Gasteiger partial charge in [-0.2, -0.15) is 0 Å². The molecule has 6 nitrogen and oxygen atoms in total. The molecule has 0 spiro atoms. The van der Waals surface area contributed by atoms with Crippen molar-refractivity contribution in [3.05, 3.63) is 16.4 Å². The van der Waals surface area contributed by atoms with Crippen LogP contribution in [0.15, 0.2) is 6.33 Å². The van der Waals surface area contributed by atoms with Crippen LogP contribution in [0.3, 0.4) is 0 Å². The van der Waals surface area contributed by atoms with Gasteiger partial charge in [-0.1, -0.05) is 0 Å². The highest BCUT2D eigenvalue weighted by molar-refractivity contribution is 6.18. The van der Waals surface area contributed by atoms with Crippen molar-refractivity contribution in [2.75, 3.05) is 5.88 Å². The first-order valence-electron chi connectivity index (χ1n) is 3.64. The van der Waals surface area contributed by atoms with Gasteiger partial charge in [0.15, 0.2) is 0 Å². The predicted octanol–water partition coefficient (Wildman–Crippen LogP) is 0.791. The minimum atomic E-state index is -0.567. The molecule has 1 aliphatic rings. The average Bonchev–Trinajstić information content (AvgIpc) is 2.59. The molecule has 0 radical (unpaired) electrons. The highest BCUT2D eigenvalue weighted by Crippen LogP contribution is 2.31. The van der Waals surface area contributed by atoms with Gasteiger partial charge in [0.1, 0.15) is 6.10 Å². The maximum atomic E-state index is 10.4. The van der Waals surface area contributed by atoms with Gasteiger partial charge in [0.2, 0.25) is 6.33 Å². The summed E-state index contributed by atoms with van der Waals surface area (Å²) in [7, 11) is 0. The van der Waals surface area contributed by atoms with E-state index in [2.05, 4.69) is 4.98 Å². The smallest absolute Gasteiger partial charge is 0.426 e. The minimum absolute atomic E-state index is 0.182. The third-order valence-electron chi connectivity index (χ3n) is 1.80. The predicted molar refractivity (Wildman–Crippen MR) is 44.0 cm³/mol. The molecular formula is C6H6ClN3O3. The zero-order chi connectivity index (χ0) is 9.42. The van der Waals surface area contributed by atoms with E-state index >= 15 is 0 Å². The summed E-state index contributed by atoms with van der Waals surface area (Å²) in [5.74, 6) is 0.280. The van der Waals surface area contributed by atoms with Crippen molar-refractivity contribution >= 4 is 17.4 Å². The molecule has 1 aliphatic heterocycles. The van der Waals surface area contributed by atoms with Crippen LogP contribution in [-0.2, 0) is 6.54 Å². The van der Waals surface area contributed by atoms with Crippen LogP contribution < -0.4 is 4.74 Å². The van der Waals surface area contributed by atoms with Crippen molar-refractivity contribution in [1.82, 2.24) is 9.55 Å². The number of rotatable bonds is 2. The average molecular weight is 204 g/mol. The molecule has 0 saturated carbocycles. The van der Waals surface area contributed by atoms with E-state index in [1.165, 1.54) is 6.33 Å². The molecule has 0 bridgehead atoms. The van der Waals surface area contributed by atoms with E-state index in [-0.39, 0.29) is 17.8 Å². The summed E-state index contributed by atoms with van der Waals surface area (Å²) >= 11 is 5.56. The quantitative estimate of drug-likeness (QED) is 0.405. The number of ether oxygens (including phenoxy) is 1. The zero-order valence-electron chi connectivity index (χ0n) is 6.51. The summed E-state index contributed by atoms with van der Waals surface area (Å²) in [6.45, 7) is 0.527. The lowest BCUT2D eigenvalue weighted by Crippen LogP contribution is -2.16. The first-order chi connectivity index (χ1) is 6.22. The normalized spacial score (nSPS) is 19.6. The van der Waals surface area contributed by atoms with Crippen LogP contribution in [0.4, 0.5) is 5.82 Å². The first-order valence-corrected chi connectivity index (χ1v) is 4.18. The minimum Gasteiger partial charge on any atom is -0.466 e. The number of nitro groups is 1. The van der Waals surface area contributed by atoms with Gasteiger partial charge >= 0.3 is 5.82 Å². The molecule has 1 unspecified atom stereocenters. The highest BCUT2D eigenvalue weighted by Gasteiger charge is 2.32. The summed E-state index contributed by atoms with van der Waals surface area (Å²) in [6.07, 6.45) is 1.21. The third kappa shape index (κ3) is 1.23. The van der Waals surface area contributed by atoms with E-state index in [0.717, 1.165) is 0 Å². The molecule has 0 saturated heterocycles. The van der Waals surface area contributed by atoms with E-state index < -0.39 is 4.92 Å². The van der Waals surface area contributed by atoms with Crippen molar-refractivity contribution in [2.45, 2.75) is 12.6 Å². The van der Waals surface area contributed by atoms with Gasteiger partial charge in [0.25, 0.3) is 5.88 Å². The number of hydrogen-bond acceptors (Lipinski definition) is 4. The second kappa shape index (κ2) is 2.88. The molecule has 1 aromatic heterocycles. The molecule has 2 rings (SSSR count). The number of halogens is 1. The number of imidazole rings is 1. The Morgan fingerprint density at radius 3 is 3.31 bits per heavy atom. The Morgan fingerprint density at radius 2 is 2.69 bits per heavy atom. The molecule has 1 aromatic rings. The lowest BCUT2D eigenvalue weighted by Gasteiger charge is -2.02. The number of alkyl halides is 1. The van der Waals surface area contributed by atoms with Gasteiger partial charge in [-0.25, -0.2) is 0 Å². The van der Waals surface area contributed by atoms with Crippen LogP contribution >= 0.6 is 11.6 Å². The molecule has 7 heteroatoms. The monoisotopic (exact) mass is 203 g/mol. The Morgan fingerprint density at radius 1 is 1.92 bits per heavy atom. The second-order valence-electron chi connectivity index (χ2n) is 2.68. The number of aromatic nitrogens is 2. The number of nitrogens with zero attached hydrogens (tertiary/aromatic N) is 3. The van der Waals surface area contributed by atoms with Crippen LogP contribution in [-0.4, -0.2) is 26.5 Å². The molecule has 1 atom stereocenters. The van der Waals surface area contributed by atoms with Crippen LogP contribution in [0.1, 0.15) is 0 Å². The summed E-state index contributed by atoms with van der Waals surface area (Å²) < 4.78 is 6.80. The Bertz CT molecular complexity index is 351.